The molecule has 24 heavy (non-hydrogen) atoms. The number of rotatable bonds is 4. The summed E-state index contributed by atoms with van der Waals surface area (Å²) in [6.07, 6.45) is 3.33. The standard InChI is InChI=1S/C16H19ClN6O/c1-5-22-11(3)12(10(2)19-22)9-21(4)16(24)14-13(17)15-18-7-6-8-23(15)20-14/h6-8H,5,9H2,1-4H3. The van der Waals surface area contributed by atoms with Crippen LogP contribution < -0.4 is 0 Å². The van der Waals surface area contributed by atoms with Crippen molar-refractivity contribution in [2.45, 2.75) is 33.9 Å². The maximum absolute atomic E-state index is 12.7. The van der Waals surface area contributed by atoms with Crippen LogP contribution in [0.5, 0.6) is 0 Å². The molecule has 0 aromatic carbocycles. The fourth-order valence-corrected chi connectivity index (χ4v) is 3.01. The summed E-state index contributed by atoms with van der Waals surface area (Å²) < 4.78 is 3.44. The third-order valence-corrected chi connectivity index (χ3v) is 4.46. The lowest BCUT2D eigenvalue weighted by Gasteiger charge is -2.16. The highest BCUT2D eigenvalue weighted by Crippen LogP contribution is 2.22. The van der Waals surface area contributed by atoms with Gasteiger partial charge in [0.05, 0.1) is 5.69 Å². The van der Waals surface area contributed by atoms with Crippen molar-refractivity contribution < 1.29 is 4.79 Å². The van der Waals surface area contributed by atoms with E-state index < -0.39 is 0 Å². The van der Waals surface area contributed by atoms with Crippen LogP contribution in [0.2, 0.25) is 5.02 Å². The minimum absolute atomic E-state index is 0.205. The van der Waals surface area contributed by atoms with E-state index in [0.29, 0.717) is 12.2 Å². The number of aromatic nitrogens is 5. The van der Waals surface area contributed by atoms with Crippen LogP contribution in [-0.2, 0) is 13.1 Å². The molecule has 0 saturated heterocycles. The van der Waals surface area contributed by atoms with E-state index in [1.54, 1.807) is 30.4 Å². The van der Waals surface area contributed by atoms with Crippen LogP contribution in [0.25, 0.3) is 5.65 Å². The number of hydrogen-bond donors (Lipinski definition) is 0. The van der Waals surface area contributed by atoms with Gasteiger partial charge in [-0.15, -0.1) is 0 Å². The first-order valence-corrected chi connectivity index (χ1v) is 8.09. The maximum Gasteiger partial charge on any atom is 0.276 e. The van der Waals surface area contributed by atoms with Crippen molar-refractivity contribution in [2.24, 2.45) is 0 Å². The third-order valence-electron chi connectivity index (χ3n) is 4.11. The lowest BCUT2D eigenvalue weighted by atomic mass is 10.2. The SMILES string of the molecule is CCn1nc(C)c(CN(C)C(=O)c2nn3cccnc3c2Cl)c1C. The summed E-state index contributed by atoms with van der Waals surface area (Å²) in [4.78, 5) is 18.5. The first kappa shape index (κ1) is 16.4. The summed E-state index contributed by atoms with van der Waals surface area (Å²) in [6.45, 7) is 7.26. The van der Waals surface area contributed by atoms with Crippen molar-refractivity contribution in [3.63, 3.8) is 0 Å². The summed E-state index contributed by atoms with van der Waals surface area (Å²) in [5.41, 5.74) is 3.72. The fourth-order valence-electron chi connectivity index (χ4n) is 2.76. The van der Waals surface area contributed by atoms with Gasteiger partial charge in [0, 0.05) is 43.8 Å². The minimum Gasteiger partial charge on any atom is -0.336 e. The summed E-state index contributed by atoms with van der Waals surface area (Å²) in [5, 5.41) is 9.01. The van der Waals surface area contributed by atoms with Crippen LogP contribution in [0, 0.1) is 13.8 Å². The molecule has 0 atom stereocenters. The topological polar surface area (TPSA) is 68.3 Å². The van der Waals surface area contributed by atoms with E-state index in [9.17, 15) is 4.79 Å². The molecule has 3 aromatic heterocycles. The van der Waals surface area contributed by atoms with Crippen LogP contribution in [-0.4, -0.2) is 42.2 Å². The van der Waals surface area contributed by atoms with Crippen molar-refractivity contribution >= 4 is 23.2 Å². The fraction of sp³-hybridized carbons (Fsp3) is 0.375. The Morgan fingerprint density at radius 1 is 1.33 bits per heavy atom. The minimum atomic E-state index is -0.242. The number of halogens is 1. The summed E-state index contributed by atoms with van der Waals surface area (Å²) in [5.74, 6) is -0.242. The Morgan fingerprint density at radius 3 is 2.71 bits per heavy atom. The maximum atomic E-state index is 12.7. The highest BCUT2D eigenvalue weighted by Gasteiger charge is 2.23. The number of hydrogen-bond acceptors (Lipinski definition) is 4. The van der Waals surface area contributed by atoms with Gasteiger partial charge >= 0.3 is 0 Å². The number of nitrogens with zero attached hydrogens (tertiary/aromatic N) is 6. The quantitative estimate of drug-likeness (QED) is 0.727. The summed E-state index contributed by atoms with van der Waals surface area (Å²) in [7, 11) is 1.73. The van der Waals surface area contributed by atoms with Gasteiger partial charge in [-0.2, -0.15) is 10.2 Å². The van der Waals surface area contributed by atoms with Crippen LogP contribution >= 0.6 is 11.6 Å². The molecule has 0 aliphatic heterocycles. The number of amides is 1. The zero-order valence-corrected chi connectivity index (χ0v) is 14.9. The molecule has 0 saturated carbocycles. The number of carbonyl (C=O) groups is 1. The van der Waals surface area contributed by atoms with E-state index in [2.05, 4.69) is 15.2 Å². The van der Waals surface area contributed by atoms with E-state index in [1.807, 2.05) is 25.5 Å². The Morgan fingerprint density at radius 2 is 2.08 bits per heavy atom. The molecule has 8 heteroatoms. The second-order valence-corrected chi connectivity index (χ2v) is 6.05. The normalized spacial score (nSPS) is 11.2. The molecule has 126 valence electrons. The molecule has 3 heterocycles. The second kappa shape index (κ2) is 6.24. The largest absolute Gasteiger partial charge is 0.336 e. The molecular weight excluding hydrogens is 328 g/mol. The molecule has 3 aromatic rings. The molecule has 0 fully saturated rings. The van der Waals surface area contributed by atoms with Crippen LogP contribution in [0.4, 0.5) is 0 Å². The smallest absolute Gasteiger partial charge is 0.276 e. The molecule has 3 rings (SSSR count). The highest BCUT2D eigenvalue weighted by atomic mass is 35.5. The molecule has 0 unspecified atom stereocenters. The first-order chi connectivity index (χ1) is 11.4. The monoisotopic (exact) mass is 346 g/mol. The molecule has 0 aliphatic rings. The average Bonchev–Trinajstić information content (AvgIpc) is 3.05. The molecule has 0 spiro atoms. The zero-order valence-electron chi connectivity index (χ0n) is 14.1. The van der Waals surface area contributed by atoms with Crippen LogP contribution in [0.15, 0.2) is 18.5 Å². The number of aryl methyl sites for hydroxylation is 2. The van der Waals surface area contributed by atoms with Gasteiger partial charge in [-0.3, -0.25) is 9.48 Å². The summed E-state index contributed by atoms with van der Waals surface area (Å²) >= 11 is 6.28. The Balaban J connectivity index is 1.89. The summed E-state index contributed by atoms with van der Waals surface area (Å²) in [6, 6.07) is 1.74. The van der Waals surface area contributed by atoms with Gasteiger partial charge in [0.2, 0.25) is 0 Å². The van der Waals surface area contributed by atoms with E-state index in [4.69, 9.17) is 11.6 Å². The number of fused-ring (bicyclic) bond motifs is 1. The van der Waals surface area contributed by atoms with Gasteiger partial charge in [0.25, 0.3) is 5.91 Å². The highest BCUT2D eigenvalue weighted by molar-refractivity contribution is 6.36. The van der Waals surface area contributed by atoms with E-state index in [0.717, 1.165) is 23.5 Å². The lowest BCUT2D eigenvalue weighted by Crippen LogP contribution is -2.27. The van der Waals surface area contributed by atoms with E-state index in [-0.39, 0.29) is 16.6 Å². The van der Waals surface area contributed by atoms with Crippen molar-refractivity contribution in [3.05, 3.63) is 46.1 Å². The van der Waals surface area contributed by atoms with Gasteiger partial charge in [-0.05, 0) is 26.8 Å². The average molecular weight is 347 g/mol. The Kier molecular flexibility index (Phi) is 4.28. The molecule has 1 amide bonds. The molecule has 0 N–H and O–H groups in total. The molecule has 0 aliphatic carbocycles. The Bertz CT molecular complexity index is 913. The van der Waals surface area contributed by atoms with Crippen molar-refractivity contribution in [1.29, 1.82) is 0 Å². The van der Waals surface area contributed by atoms with E-state index >= 15 is 0 Å². The van der Waals surface area contributed by atoms with Gasteiger partial charge in [0.1, 0.15) is 5.02 Å². The Labute approximate surface area is 144 Å². The van der Waals surface area contributed by atoms with Crippen LogP contribution in [0.3, 0.4) is 0 Å². The molecule has 7 nitrogen and oxygen atoms in total. The molecule has 0 radical (unpaired) electrons. The van der Waals surface area contributed by atoms with Gasteiger partial charge in [0.15, 0.2) is 11.3 Å². The van der Waals surface area contributed by atoms with E-state index in [1.165, 1.54) is 4.52 Å². The van der Waals surface area contributed by atoms with Crippen molar-refractivity contribution in [1.82, 2.24) is 29.3 Å². The van der Waals surface area contributed by atoms with Crippen molar-refractivity contribution in [3.8, 4) is 0 Å². The molecule has 0 bridgehead atoms. The predicted octanol–water partition coefficient (Wildman–Crippen LogP) is 2.49. The Hall–Kier alpha value is -2.41. The van der Waals surface area contributed by atoms with Crippen LogP contribution in [0.1, 0.15) is 34.4 Å². The number of carbonyl (C=O) groups excluding carboxylic acids is 1. The first-order valence-electron chi connectivity index (χ1n) is 7.71. The second-order valence-electron chi connectivity index (χ2n) is 5.68. The van der Waals surface area contributed by atoms with Gasteiger partial charge < -0.3 is 4.90 Å². The van der Waals surface area contributed by atoms with Gasteiger partial charge in [-0.1, -0.05) is 11.6 Å². The third kappa shape index (κ3) is 2.65. The molecular formula is C16H19ClN6O. The zero-order chi connectivity index (χ0) is 17.4. The lowest BCUT2D eigenvalue weighted by molar-refractivity contribution is 0.0778. The van der Waals surface area contributed by atoms with Gasteiger partial charge in [-0.25, -0.2) is 9.50 Å². The van der Waals surface area contributed by atoms with Crippen molar-refractivity contribution in [2.75, 3.05) is 7.05 Å². The predicted molar refractivity (Wildman–Crippen MR) is 91.2 cm³/mol.